The lowest BCUT2D eigenvalue weighted by atomic mass is 10.1. The van der Waals surface area contributed by atoms with Crippen LogP contribution in [0.4, 0.5) is 0 Å². The van der Waals surface area contributed by atoms with Crippen molar-refractivity contribution in [2.24, 2.45) is 0 Å². The van der Waals surface area contributed by atoms with Crippen molar-refractivity contribution in [2.75, 3.05) is 0 Å². The van der Waals surface area contributed by atoms with E-state index in [0.717, 1.165) is 0 Å². The lowest BCUT2D eigenvalue weighted by molar-refractivity contribution is -0.136. The van der Waals surface area contributed by atoms with Gasteiger partial charge in [-0.1, -0.05) is 0 Å². The van der Waals surface area contributed by atoms with Gasteiger partial charge in [-0.05, 0) is 32.0 Å². The average Bonchev–Trinajstić information content (AvgIpc) is 2.71. The van der Waals surface area contributed by atoms with E-state index < -0.39 is 21.1 Å². The monoisotopic (exact) mass is 282 g/mol. The zero-order chi connectivity index (χ0) is 14.2. The number of carbonyl (C=O) groups is 1. The fourth-order valence-corrected chi connectivity index (χ4v) is 2.89. The van der Waals surface area contributed by atoms with Gasteiger partial charge in [-0.25, -0.2) is 8.42 Å². The van der Waals surface area contributed by atoms with Crippen molar-refractivity contribution in [3.63, 3.8) is 0 Å². The van der Waals surface area contributed by atoms with Crippen molar-refractivity contribution in [1.29, 1.82) is 0 Å². The molecule has 0 aliphatic heterocycles. The van der Waals surface area contributed by atoms with Crippen LogP contribution >= 0.6 is 0 Å². The molecule has 0 aliphatic rings. The largest absolute Gasteiger partial charge is 0.481 e. The van der Waals surface area contributed by atoms with Crippen molar-refractivity contribution in [2.45, 2.75) is 30.4 Å². The van der Waals surface area contributed by atoms with E-state index in [9.17, 15) is 13.2 Å². The Bertz CT molecular complexity index is 725. The van der Waals surface area contributed by atoms with Gasteiger partial charge in [-0.3, -0.25) is 4.79 Å². The minimum absolute atomic E-state index is 0.183. The Morgan fingerprint density at radius 1 is 1.37 bits per heavy atom. The highest BCUT2D eigenvalue weighted by Crippen LogP contribution is 2.26. The van der Waals surface area contributed by atoms with Gasteiger partial charge in [0.15, 0.2) is 9.84 Å². The maximum atomic E-state index is 12.1. The first kappa shape index (κ1) is 13.6. The van der Waals surface area contributed by atoms with Gasteiger partial charge in [-0.2, -0.15) is 0 Å². The Balaban J connectivity index is 2.59. The molecule has 0 fully saturated rings. The summed E-state index contributed by atoms with van der Waals surface area (Å²) in [5.74, 6) is -0.986. The second-order valence-electron chi connectivity index (χ2n) is 4.58. The molecule has 2 rings (SSSR count). The first-order chi connectivity index (χ1) is 8.82. The molecule has 102 valence electrons. The molecule has 0 radical (unpaired) electrons. The van der Waals surface area contributed by atoms with Gasteiger partial charge >= 0.3 is 5.97 Å². The van der Waals surface area contributed by atoms with Gasteiger partial charge in [-0.15, -0.1) is 0 Å². The molecule has 0 saturated carbocycles. The van der Waals surface area contributed by atoms with E-state index in [-0.39, 0.29) is 11.3 Å². The van der Waals surface area contributed by atoms with E-state index >= 15 is 0 Å². The number of furan rings is 1. The number of carboxylic acid groups (broad SMARTS) is 1. The van der Waals surface area contributed by atoms with Crippen molar-refractivity contribution >= 4 is 26.8 Å². The number of carboxylic acids is 1. The maximum Gasteiger partial charge on any atom is 0.307 e. The van der Waals surface area contributed by atoms with Gasteiger partial charge in [0.1, 0.15) is 5.58 Å². The van der Waals surface area contributed by atoms with Crippen molar-refractivity contribution in [3.05, 3.63) is 30.0 Å². The molecule has 5 nitrogen and oxygen atoms in total. The molecule has 0 saturated heterocycles. The summed E-state index contributed by atoms with van der Waals surface area (Å²) < 4.78 is 29.4. The Morgan fingerprint density at radius 3 is 2.63 bits per heavy atom. The minimum Gasteiger partial charge on any atom is -0.481 e. The third-order valence-electron chi connectivity index (χ3n) is 2.92. The molecule has 19 heavy (non-hydrogen) atoms. The lowest BCUT2D eigenvalue weighted by Gasteiger charge is -2.07. The summed E-state index contributed by atoms with van der Waals surface area (Å²) in [5.41, 5.74) is 0.960. The molecule has 0 bridgehead atoms. The number of aliphatic carboxylic acids is 1. The summed E-state index contributed by atoms with van der Waals surface area (Å²) in [6.45, 7) is 3.21. The highest BCUT2D eigenvalue weighted by atomic mass is 32.2. The molecule has 0 amide bonds. The SMILES string of the molecule is CC(C)S(=O)(=O)c1ccc2occ(CC(=O)O)c2c1. The molecule has 2 aromatic rings. The molecule has 6 heteroatoms. The Labute approximate surface area is 110 Å². The average molecular weight is 282 g/mol. The molecule has 0 atom stereocenters. The van der Waals surface area contributed by atoms with E-state index in [1.165, 1.54) is 18.4 Å². The van der Waals surface area contributed by atoms with E-state index in [1.807, 2.05) is 0 Å². The molecule has 0 spiro atoms. The zero-order valence-electron chi connectivity index (χ0n) is 10.6. The van der Waals surface area contributed by atoms with Crippen LogP contribution < -0.4 is 0 Å². The predicted octanol–water partition coefficient (Wildman–Crippen LogP) is 2.24. The van der Waals surface area contributed by atoms with Crippen LogP contribution in [0, 0.1) is 0 Å². The summed E-state index contributed by atoms with van der Waals surface area (Å²) >= 11 is 0. The van der Waals surface area contributed by atoms with Gasteiger partial charge in [0.05, 0.1) is 22.8 Å². The van der Waals surface area contributed by atoms with E-state index in [4.69, 9.17) is 9.52 Å². The van der Waals surface area contributed by atoms with Crippen LogP contribution in [0.5, 0.6) is 0 Å². The first-order valence-corrected chi connectivity index (χ1v) is 7.33. The molecule has 1 N–H and O–H groups in total. The van der Waals surface area contributed by atoms with Crippen LogP contribution in [-0.2, 0) is 21.1 Å². The lowest BCUT2D eigenvalue weighted by Crippen LogP contribution is -2.13. The Kier molecular flexibility index (Phi) is 3.36. The third kappa shape index (κ3) is 2.49. The topological polar surface area (TPSA) is 84.6 Å². The number of fused-ring (bicyclic) bond motifs is 1. The molecule has 0 unspecified atom stereocenters. The van der Waals surface area contributed by atoms with Crippen LogP contribution in [0.15, 0.2) is 33.8 Å². The Morgan fingerprint density at radius 2 is 2.05 bits per heavy atom. The smallest absolute Gasteiger partial charge is 0.307 e. The summed E-state index contributed by atoms with van der Waals surface area (Å²) in [4.78, 5) is 10.9. The van der Waals surface area contributed by atoms with Crippen LogP contribution in [0.2, 0.25) is 0 Å². The van der Waals surface area contributed by atoms with Crippen molar-refractivity contribution in [1.82, 2.24) is 0 Å². The minimum atomic E-state index is -3.38. The maximum absolute atomic E-state index is 12.1. The molecule has 1 aromatic carbocycles. The number of hydrogen-bond acceptors (Lipinski definition) is 4. The van der Waals surface area contributed by atoms with Gasteiger partial charge in [0, 0.05) is 10.9 Å². The second kappa shape index (κ2) is 4.70. The van der Waals surface area contributed by atoms with Gasteiger partial charge in [0.25, 0.3) is 0 Å². The van der Waals surface area contributed by atoms with Crippen LogP contribution in [0.3, 0.4) is 0 Å². The summed E-state index contributed by atoms with van der Waals surface area (Å²) in [6, 6.07) is 4.51. The summed E-state index contributed by atoms with van der Waals surface area (Å²) in [7, 11) is -3.38. The molecule has 0 aliphatic carbocycles. The van der Waals surface area contributed by atoms with Gasteiger partial charge in [0.2, 0.25) is 0 Å². The second-order valence-corrected chi connectivity index (χ2v) is 7.09. The predicted molar refractivity (Wildman–Crippen MR) is 69.9 cm³/mol. The van der Waals surface area contributed by atoms with Crippen molar-refractivity contribution < 1.29 is 22.7 Å². The van der Waals surface area contributed by atoms with Crippen molar-refractivity contribution in [3.8, 4) is 0 Å². The highest BCUT2D eigenvalue weighted by Gasteiger charge is 2.20. The molecule has 1 aromatic heterocycles. The van der Waals surface area contributed by atoms with E-state index in [2.05, 4.69) is 0 Å². The summed E-state index contributed by atoms with van der Waals surface area (Å²) in [6.07, 6.45) is 1.16. The zero-order valence-corrected chi connectivity index (χ0v) is 11.4. The summed E-state index contributed by atoms with van der Waals surface area (Å²) in [5, 5.41) is 8.81. The van der Waals surface area contributed by atoms with E-state index in [1.54, 1.807) is 19.9 Å². The number of hydrogen-bond donors (Lipinski definition) is 1. The standard InChI is InChI=1S/C13H14O5S/c1-8(2)19(16,17)10-3-4-12-11(6-10)9(7-18-12)5-13(14)15/h3-4,6-8H,5H2,1-2H3,(H,14,15). The van der Waals surface area contributed by atoms with Crippen LogP contribution in [-0.4, -0.2) is 24.7 Å². The number of sulfone groups is 1. The third-order valence-corrected chi connectivity index (χ3v) is 5.07. The molecular formula is C13H14O5S. The number of benzene rings is 1. The quantitative estimate of drug-likeness (QED) is 0.929. The molecular weight excluding hydrogens is 268 g/mol. The fraction of sp³-hybridized carbons (Fsp3) is 0.308. The molecule has 1 heterocycles. The van der Waals surface area contributed by atoms with E-state index in [0.29, 0.717) is 16.5 Å². The van der Waals surface area contributed by atoms with Crippen LogP contribution in [0.25, 0.3) is 11.0 Å². The normalized spacial score (nSPS) is 12.2. The fourth-order valence-electron chi connectivity index (χ4n) is 1.81. The van der Waals surface area contributed by atoms with Gasteiger partial charge < -0.3 is 9.52 Å². The highest BCUT2D eigenvalue weighted by molar-refractivity contribution is 7.92. The Hall–Kier alpha value is -1.82. The number of rotatable bonds is 4. The first-order valence-electron chi connectivity index (χ1n) is 5.78. The van der Waals surface area contributed by atoms with Crippen LogP contribution in [0.1, 0.15) is 19.4 Å².